The quantitative estimate of drug-likeness (QED) is 0.839. The first-order valence-electron chi connectivity index (χ1n) is 7.17. The lowest BCUT2D eigenvalue weighted by molar-refractivity contribution is 0.402. The second kappa shape index (κ2) is 6.91. The van der Waals surface area contributed by atoms with Crippen molar-refractivity contribution in [2.75, 3.05) is 19.4 Å². The number of anilines is 1. The molecule has 1 atom stereocenters. The molecule has 0 spiro atoms. The van der Waals surface area contributed by atoms with Gasteiger partial charge in [0, 0.05) is 22.0 Å². The normalized spacial score (nSPS) is 12.7. The van der Waals surface area contributed by atoms with Gasteiger partial charge in [-0.05, 0) is 57.3 Å². The van der Waals surface area contributed by atoms with Gasteiger partial charge in [0.1, 0.15) is 0 Å². The van der Waals surface area contributed by atoms with E-state index in [1.54, 1.807) is 0 Å². The van der Waals surface area contributed by atoms with Gasteiger partial charge < -0.3 is 10.2 Å². The summed E-state index contributed by atoms with van der Waals surface area (Å²) in [7, 11) is 4.20. The van der Waals surface area contributed by atoms with Crippen LogP contribution >= 0.6 is 11.3 Å². The molecule has 1 N–H and O–H groups in total. The van der Waals surface area contributed by atoms with E-state index in [-0.39, 0.29) is 0 Å². The van der Waals surface area contributed by atoms with Gasteiger partial charge in [0.2, 0.25) is 0 Å². The smallest absolute Gasteiger partial charge is 0.0578 e. The van der Waals surface area contributed by atoms with Gasteiger partial charge in [-0.2, -0.15) is 0 Å². The highest BCUT2D eigenvalue weighted by Crippen LogP contribution is 2.26. The Hall–Kier alpha value is -1.32. The lowest BCUT2D eigenvalue weighted by Gasteiger charge is -2.16. The van der Waals surface area contributed by atoms with Crippen LogP contribution in [0.25, 0.3) is 0 Å². The Morgan fingerprint density at radius 2 is 2.00 bits per heavy atom. The summed E-state index contributed by atoms with van der Waals surface area (Å²) in [5.74, 6) is 0. The molecule has 0 radical (unpaired) electrons. The van der Waals surface area contributed by atoms with E-state index in [2.05, 4.69) is 74.6 Å². The van der Waals surface area contributed by atoms with Crippen LogP contribution in [0.5, 0.6) is 0 Å². The molecule has 20 heavy (non-hydrogen) atoms. The van der Waals surface area contributed by atoms with Crippen LogP contribution in [0, 0.1) is 0 Å². The first-order valence-corrected chi connectivity index (χ1v) is 7.99. The van der Waals surface area contributed by atoms with Crippen molar-refractivity contribution in [3.63, 3.8) is 0 Å². The van der Waals surface area contributed by atoms with Crippen molar-refractivity contribution in [3.8, 4) is 0 Å². The Kier molecular flexibility index (Phi) is 5.21. The Morgan fingerprint density at radius 1 is 1.20 bits per heavy atom. The minimum atomic E-state index is 0.356. The molecule has 1 unspecified atom stereocenters. The number of nitrogens with zero attached hydrogens (tertiary/aromatic N) is 1. The van der Waals surface area contributed by atoms with Crippen LogP contribution < -0.4 is 5.32 Å². The van der Waals surface area contributed by atoms with Gasteiger partial charge in [0.05, 0.1) is 6.04 Å². The van der Waals surface area contributed by atoms with Gasteiger partial charge in [-0.25, -0.2) is 0 Å². The lowest BCUT2D eigenvalue weighted by Crippen LogP contribution is -2.11. The predicted octanol–water partition coefficient (Wildman–Crippen LogP) is 4.55. The molecule has 0 aliphatic carbocycles. The Bertz CT molecular complexity index is 545. The highest BCUT2D eigenvalue weighted by molar-refractivity contribution is 7.12. The SMILES string of the molecule is CCc1ccc(C(C)Nc2cccc(CN(C)C)c2)s1. The van der Waals surface area contributed by atoms with Crippen molar-refractivity contribution in [3.05, 3.63) is 51.7 Å². The highest BCUT2D eigenvalue weighted by Gasteiger charge is 2.08. The monoisotopic (exact) mass is 288 g/mol. The van der Waals surface area contributed by atoms with E-state index >= 15 is 0 Å². The van der Waals surface area contributed by atoms with Crippen molar-refractivity contribution >= 4 is 17.0 Å². The fourth-order valence-electron chi connectivity index (χ4n) is 2.26. The van der Waals surface area contributed by atoms with Crippen molar-refractivity contribution in [2.45, 2.75) is 32.9 Å². The van der Waals surface area contributed by atoms with Gasteiger partial charge in [0.25, 0.3) is 0 Å². The van der Waals surface area contributed by atoms with Gasteiger partial charge in [-0.3, -0.25) is 0 Å². The maximum Gasteiger partial charge on any atom is 0.0578 e. The summed E-state index contributed by atoms with van der Waals surface area (Å²) in [6, 6.07) is 13.5. The summed E-state index contributed by atoms with van der Waals surface area (Å²) < 4.78 is 0. The summed E-state index contributed by atoms with van der Waals surface area (Å²) >= 11 is 1.90. The Balaban J connectivity index is 2.05. The minimum Gasteiger partial charge on any atom is -0.378 e. The molecule has 2 aromatic rings. The second-order valence-electron chi connectivity index (χ2n) is 5.46. The third-order valence-corrected chi connectivity index (χ3v) is 4.68. The molecule has 1 aromatic carbocycles. The topological polar surface area (TPSA) is 15.3 Å². The number of benzene rings is 1. The Morgan fingerprint density at radius 3 is 2.65 bits per heavy atom. The Labute approximate surface area is 126 Å². The van der Waals surface area contributed by atoms with E-state index in [0.717, 1.165) is 13.0 Å². The number of hydrogen-bond acceptors (Lipinski definition) is 3. The zero-order chi connectivity index (χ0) is 14.5. The molecule has 108 valence electrons. The van der Waals surface area contributed by atoms with Crippen LogP contribution in [-0.4, -0.2) is 19.0 Å². The molecule has 0 bridgehead atoms. The molecule has 2 rings (SSSR count). The van der Waals surface area contributed by atoms with Gasteiger partial charge in [-0.1, -0.05) is 19.1 Å². The third kappa shape index (κ3) is 4.09. The number of aryl methyl sites for hydroxylation is 1. The van der Waals surface area contributed by atoms with E-state index in [4.69, 9.17) is 0 Å². The number of hydrogen-bond donors (Lipinski definition) is 1. The molecular formula is C17H24N2S. The summed E-state index contributed by atoms with van der Waals surface area (Å²) in [5, 5.41) is 3.60. The molecule has 1 aromatic heterocycles. The van der Waals surface area contributed by atoms with E-state index < -0.39 is 0 Å². The summed E-state index contributed by atoms with van der Waals surface area (Å²) in [6.45, 7) is 5.41. The summed E-state index contributed by atoms with van der Waals surface area (Å²) in [5.41, 5.74) is 2.54. The molecule has 0 saturated heterocycles. The summed E-state index contributed by atoms with van der Waals surface area (Å²) in [4.78, 5) is 5.05. The predicted molar refractivity (Wildman–Crippen MR) is 89.6 cm³/mol. The molecular weight excluding hydrogens is 264 g/mol. The van der Waals surface area contributed by atoms with E-state index in [1.165, 1.54) is 21.0 Å². The van der Waals surface area contributed by atoms with E-state index in [9.17, 15) is 0 Å². The van der Waals surface area contributed by atoms with Crippen LogP contribution in [0.2, 0.25) is 0 Å². The van der Waals surface area contributed by atoms with Crippen LogP contribution in [0.15, 0.2) is 36.4 Å². The maximum atomic E-state index is 3.60. The van der Waals surface area contributed by atoms with E-state index in [1.807, 2.05) is 11.3 Å². The lowest BCUT2D eigenvalue weighted by atomic mass is 10.1. The van der Waals surface area contributed by atoms with Crippen LogP contribution in [0.4, 0.5) is 5.69 Å². The molecule has 0 aliphatic heterocycles. The minimum absolute atomic E-state index is 0.356. The standard InChI is InChI=1S/C17H24N2S/c1-5-16-9-10-17(20-16)13(2)18-15-8-6-7-14(11-15)12-19(3)4/h6-11,13,18H,5,12H2,1-4H3. The van der Waals surface area contributed by atoms with Crippen molar-refractivity contribution in [1.29, 1.82) is 0 Å². The third-order valence-electron chi connectivity index (χ3n) is 3.27. The molecule has 2 nitrogen and oxygen atoms in total. The molecule has 3 heteroatoms. The van der Waals surface area contributed by atoms with Gasteiger partial charge in [-0.15, -0.1) is 11.3 Å². The largest absolute Gasteiger partial charge is 0.378 e. The number of rotatable bonds is 6. The number of thiophene rings is 1. The first-order chi connectivity index (χ1) is 9.58. The average molecular weight is 288 g/mol. The fraction of sp³-hybridized carbons (Fsp3) is 0.412. The van der Waals surface area contributed by atoms with Crippen LogP contribution in [-0.2, 0) is 13.0 Å². The highest BCUT2D eigenvalue weighted by atomic mass is 32.1. The molecule has 0 aliphatic rings. The molecule has 0 saturated carbocycles. The van der Waals surface area contributed by atoms with Crippen LogP contribution in [0.3, 0.4) is 0 Å². The van der Waals surface area contributed by atoms with Gasteiger partial charge in [0.15, 0.2) is 0 Å². The second-order valence-corrected chi connectivity index (χ2v) is 6.66. The van der Waals surface area contributed by atoms with Crippen molar-refractivity contribution in [1.82, 2.24) is 4.90 Å². The average Bonchev–Trinajstić information content (AvgIpc) is 2.87. The number of nitrogens with one attached hydrogen (secondary N) is 1. The molecule has 0 fully saturated rings. The van der Waals surface area contributed by atoms with E-state index in [0.29, 0.717) is 6.04 Å². The maximum absolute atomic E-state index is 3.60. The van der Waals surface area contributed by atoms with Gasteiger partial charge >= 0.3 is 0 Å². The fourth-order valence-corrected chi connectivity index (χ4v) is 3.22. The zero-order valence-electron chi connectivity index (χ0n) is 12.8. The first kappa shape index (κ1) is 15.1. The van der Waals surface area contributed by atoms with Crippen molar-refractivity contribution in [2.24, 2.45) is 0 Å². The summed E-state index contributed by atoms with van der Waals surface area (Å²) in [6.07, 6.45) is 1.12. The van der Waals surface area contributed by atoms with Crippen molar-refractivity contribution < 1.29 is 0 Å². The molecule has 1 heterocycles. The zero-order valence-corrected chi connectivity index (χ0v) is 13.6. The van der Waals surface area contributed by atoms with Crippen LogP contribution in [0.1, 0.15) is 35.2 Å². The molecule has 0 amide bonds.